The van der Waals surface area contributed by atoms with Gasteiger partial charge in [-0.1, -0.05) is 0 Å². The number of nitrogens with zero attached hydrogens (tertiary/aromatic N) is 2. The van der Waals surface area contributed by atoms with Crippen LogP contribution in [0.15, 0.2) is 47.9 Å². The van der Waals surface area contributed by atoms with Gasteiger partial charge in [-0.2, -0.15) is 0 Å². The molecule has 8 aliphatic heterocycles. The van der Waals surface area contributed by atoms with Gasteiger partial charge in [-0.3, -0.25) is 19.4 Å². The molecule has 0 bridgehead atoms. The molecule has 2 spiro atoms. The third kappa shape index (κ3) is 5.74. The molecule has 16 nitrogen and oxygen atoms in total. The Morgan fingerprint density at radius 2 is 1.26 bits per heavy atom. The molecule has 2 aliphatic carbocycles. The van der Waals surface area contributed by atoms with Crippen LogP contribution in [0, 0.1) is 0 Å². The highest BCUT2D eigenvalue weighted by Gasteiger charge is 2.67. The molecular weight excluding hydrogens is 841 g/mol. The number of fused-ring (bicyclic) bond motifs is 6. The number of rotatable bonds is 11. The normalized spacial score (nSPS) is 35.5. The van der Waals surface area contributed by atoms with E-state index in [0.29, 0.717) is 47.4 Å². The average Bonchev–Trinajstić information content (AvgIpc) is 4.14. The highest BCUT2D eigenvalue weighted by atomic mass is 16.7. The van der Waals surface area contributed by atoms with E-state index in [1.54, 1.807) is 14.2 Å². The molecule has 2 aromatic rings. The first kappa shape index (κ1) is 41.0. The predicted molar refractivity (Wildman–Crippen MR) is 225 cm³/mol. The first-order valence-corrected chi connectivity index (χ1v) is 23.2. The molecule has 0 unspecified atom stereocenters. The van der Waals surface area contributed by atoms with Crippen LogP contribution < -0.4 is 18.9 Å². The van der Waals surface area contributed by atoms with Crippen LogP contribution in [0.25, 0.3) is 0 Å². The summed E-state index contributed by atoms with van der Waals surface area (Å²) in [4.78, 5) is 59.2. The minimum atomic E-state index is -1.53. The third-order valence-electron chi connectivity index (χ3n) is 16.7. The summed E-state index contributed by atoms with van der Waals surface area (Å²) in [5.74, 6) is 1.24. The van der Waals surface area contributed by atoms with Crippen molar-refractivity contribution in [3.63, 3.8) is 0 Å². The molecule has 0 radical (unpaired) electrons. The van der Waals surface area contributed by atoms with Crippen LogP contribution in [0.4, 0.5) is 0 Å². The Morgan fingerprint density at radius 3 is 1.92 bits per heavy atom. The monoisotopic (exact) mass is 894 g/mol. The molecule has 4 saturated heterocycles. The van der Waals surface area contributed by atoms with Crippen molar-refractivity contribution < 1.29 is 66.5 Å². The van der Waals surface area contributed by atoms with Crippen LogP contribution in [0.3, 0.4) is 0 Å². The van der Waals surface area contributed by atoms with E-state index in [2.05, 4.69) is 28.9 Å². The predicted octanol–water partition coefficient (Wildman–Crippen LogP) is 4.81. The molecule has 16 heteroatoms. The summed E-state index contributed by atoms with van der Waals surface area (Å²) in [5.41, 5.74) is -0.514. The zero-order valence-corrected chi connectivity index (χ0v) is 37.0. The van der Waals surface area contributed by atoms with Crippen LogP contribution >= 0.6 is 0 Å². The van der Waals surface area contributed by atoms with Crippen molar-refractivity contribution in [2.24, 2.45) is 0 Å². The fourth-order valence-electron chi connectivity index (χ4n) is 13.5. The van der Waals surface area contributed by atoms with Crippen LogP contribution in [0.2, 0.25) is 0 Å². The van der Waals surface area contributed by atoms with Crippen molar-refractivity contribution in [3.8, 4) is 23.0 Å². The van der Waals surface area contributed by atoms with Crippen molar-refractivity contribution in [1.29, 1.82) is 0 Å². The highest BCUT2D eigenvalue weighted by molar-refractivity contribution is 5.94. The van der Waals surface area contributed by atoms with Gasteiger partial charge in [-0.25, -0.2) is 9.59 Å². The number of esters is 4. The lowest BCUT2D eigenvalue weighted by molar-refractivity contribution is -0.215. The number of hydrogen-bond donors (Lipinski definition) is 0. The molecule has 0 saturated carbocycles. The Hall–Kier alpha value is -5.48. The summed E-state index contributed by atoms with van der Waals surface area (Å²) >= 11 is 0. The summed E-state index contributed by atoms with van der Waals surface area (Å²) in [7, 11) is 3.18. The fraction of sp³-hybridized carbons (Fsp3) is 0.592. The number of methoxy groups -OCH3 is 2. The summed E-state index contributed by atoms with van der Waals surface area (Å²) in [6.45, 7) is 5.86. The van der Waals surface area contributed by atoms with E-state index in [1.807, 2.05) is 24.3 Å². The standard InChI is InChI=1S/C49H54N2O14/c1-45-31-21-35-33(59-27-61-35)19-29(31)9-17-51-15-7-13-49(45,51)23-37(57-3)42(45)63-44(55)48(25-39(53)65-48)12-5-4-11-47(24-38(52)64-47)43(54)62-41-36(56-2)22-46-10-6-14-50(46)16-8-28-18-32-34(60-26-58-32)20-30(28)40(41)46/h18-23,40-42H,4-17,24-27H2,1-3H3/t40-,41-,42-,45-,46+,47-,48-,49+/m1/s1. The van der Waals surface area contributed by atoms with E-state index < -0.39 is 63.8 Å². The molecule has 344 valence electrons. The Labute approximate surface area is 376 Å². The molecule has 12 rings (SSSR count). The van der Waals surface area contributed by atoms with Gasteiger partial charge in [-0.05, 0) is 143 Å². The quantitative estimate of drug-likeness (QED) is 0.171. The average molecular weight is 895 g/mol. The van der Waals surface area contributed by atoms with Gasteiger partial charge in [0.25, 0.3) is 0 Å². The van der Waals surface area contributed by atoms with Crippen LogP contribution in [-0.2, 0) is 65.9 Å². The van der Waals surface area contributed by atoms with Crippen molar-refractivity contribution in [2.75, 3.05) is 54.0 Å². The van der Waals surface area contributed by atoms with E-state index in [-0.39, 0.29) is 45.2 Å². The molecular formula is C49H54N2O14. The lowest BCUT2D eigenvalue weighted by Gasteiger charge is -2.48. The maximum atomic E-state index is 14.6. The number of ether oxygens (including phenoxy) is 10. The van der Waals surface area contributed by atoms with Gasteiger partial charge in [0.15, 0.2) is 35.2 Å². The first-order valence-electron chi connectivity index (χ1n) is 23.2. The second-order valence-electron chi connectivity index (χ2n) is 19.7. The van der Waals surface area contributed by atoms with Gasteiger partial charge in [-0.15, -0.1) is 0 Å². The van der Waals surface area contributed by atoms with Crippen molar-refractivity contribution in [1.82, 2.24) is 9.80 Å². The molecule has 65 heavy (non-hydrogen) atoms. The molecule has 0 N–H and O–H groups in total. The zero-order valence-electron chi connectivity index (χ0n) is 37.0. The largest absolute Gasteiger partial charge is 0.497 e. The van der Waals surface area contributed by atoms with Gasteiger partial charge in [0, 0.05) is 13.1 Å². The fourth-order valence-corrected chi connectivity index (χ4v) is 13.5. The highest BCUT2D eigenvalue weighted by Crippen LogP contribution is 2.60. The molecule has 4 fully saturated rings. The van der Waals surface area contributed by atoms with Gasteiger partial charge < -0.3 is 47.4 Å². The van der Waals surface area contributed by atoms with Gasteiger partial charge in [0.1, 0.15) is 11.5 Å². The maximum absolute atomic E-state index is 14.6. The third-order valence-corrected chi connectivity index (χ3v) is 16.7. The van der Waals surface area contributed by atoms with E-state index in [1.165, 1.54) is 0 Å². The number of benzene rings is 2. The van der Waals surface area contributed by atoms with E-state index >= 15 is 0 Å². The molecule has 10 aliphatic rings. The summed E-state index contributed by atoms with van der Waals surface area (Å²) in [6, 6.07) is 8.15. The number of carbonyl (C=O) groups is 4. The maximum Gasteiger partial charge on any atom is 0.351 e. The minimum Gasteiger partial charge on any atom is -0.497 e. The Morgan fingerprint density at radius 1 is 0.692 bits per heavy atom. The van der Waals surface area contributed by atoms with E-state index in [4.69, 9.17) is 47.4 Å². The lowest BCUT2D eigenvalue weighted by Crippen LogP contribution is -2.61. The van der Waals surface area contributed by atoms with E-state index in [0.717, 1.165) is 87.0 Å². The molecule has 2 aromatic carbocycles. The second kappa shape index (κ2) is 14.5. The van der Waals surface area contributed by atoms with Crippen molar-refractivity contribution in [2.45, 2.75) is 130 Å². The first-order chi connectivity index (χ1) is 31.4. The molecule has 8 atom stereocenters. The molecule has 0 aromatic heterocycles. The van der Waals surface area contributed by atoms with Crippen LogP contribution in [0.5, 0.6) is 23.0 Å². The summed E-state index contributed by atoms with van der Waals surface area (Å²) in [6.07, 6.45) is 8.64. The number of cyclic esters (lactones) is 2. The number of hydrogen-bond acceptors (Lipinski definition) is 16. The van der Waals surface area contributed by atoms with E-state index in [9.17, 15) is 19.2 Å². The topological polar surface area (TPSA) is 167 Å². The van der Waals surface area contributed by atoms with Crippen LogP contribution in [-0.4, -0.2) is 122 Å². The molecule has 0 amide bonds. The zero-order chi connectivity index (χ0) is 44.5. The number of unbranched alkanes of at least 4 members (excludes halogenated alkanes) is 1. The number of carbonyl (C=O) groups excluding carboxylic acids is 4. The second-order valence-corrected chi connectivity index (χ2v) is 19.7. The summed E-state index contributed by atoms with van der Waals surface area (Å²) < 4.78 is 59.8. The Bertz CT molecular complexity index is 2470. The summed E-state index contributed by atoms with van der Waals surface area (Å²) in [5, 5.41) is 0. The van der Waals surface area contributed by atoms with Crippen LogP contribution in [0.1, 0.15) is 99.3 Å². The minimum absolute atomic E-state index is 0.139. The SMILES string of the molecule is COC1=C[C@]23CCCN2CCc2cc4c(cc2[C@@H]3[C@@H]1OC(=O)[C@@]1(CCCC[C@]2(C(=O)O[C@@H]3C(OC)=C[C@]56CCCN5CCc5cc7c(cc5[C@]36C)OCO7)CC(=O)O2)CC(=O)O1)OCO4. The molecule has 8 heterocycles. The Kier molecular flexibility index (Phi) is 9.15. The van der Waals surface area contributed by atoms with Gasteiger partial charge in [0.2, 0.25) is 24.8 Å². The van der Waals surface area contributed by atoms with Gasteiger partial charge >= 0.3 is 23.9 Å². The van der Waals surface area contributed by atoms with Crippen molar-refractivity contribution >= 4 is 23.9 Å². The van der Waals surface area contributed by atoms with Crippen molar-refractivity contribution in [3.05, 3.63) is 70.2 Å². The lowest BCUT2D eigenvalue weighted by atomic mass is 9.65. The smallest absolute Gasteiger partial charge is 0.351 e. The van der Waals surface area contributed by atoms with Gasteiger partial charge in [0.05, 0.1) is 49.5 Å². The Balaban J connectivity index is 0.774.